The topological polar surface area (TPSA) is 77.8 Å². The first-order valence-electron chi connectivity index (χ1n) is 14.1. The first-order chi connectivity index (χ1) is 16.1. The van der Waals surface area contributed by atoms with E-state index < -0.39 is 18.0 Å². The fourth-order valence-corrected chi connectivity index (χ4v) is 9.49. The van der Waals surface area contributed by atoms with Gasteiger partial charge in [-0.05, 0) is 91.8 Å². The Morgan fingerprint density at radius 3 is 2.26 bits per heavy atom. The van der Waals surface area contributed by atoms with E-state index in [9.17, 15) is 20.1 Å². The average Bonchev–Trinajstić information content (AvgIpc) is 2.98. The highest BCUT2D eigenvalue weighted by Crippen LogP contribution is 2.72. The fourth-order valence-electron chi connectivity index (χ4n) is 9.49. The highest BCUT2D eigenvalue weighted by Gasteiger charge is 2.67. The third-order valence-corrected chi connectivity index (χ3v) is 12.3. The molecule has 0 saturated heterocycles. The third-order valence-electron chi connectivity index (χ3n) is 12.3. The second kappa shape index (κ2) is 8.72. The minimum Gasteiger partial charge on any atom is -0.481 e. The Morgan fingerprint density at radius 1 is 1.00 bits per heavy atom. The van der Waals surface area contributed by atoms with Gasteiger partial charge in [0.25, 0.3) is 0 Å². The molecule has 4 nitrogen and oxygen atoms in total. The predicted molar refractivity (Wildman–Crippen MR) is 141 cm³/mol. The van der Waals surface area contributed by atoms with Gasteiger partial charge < -0.3 is 15.3 Å². The van der Waals surface area contributed by atoms with E-state index in [1.165, 1.54) is 11.1 Å². The number of hydrogen-bond acceptors (Lipinski definition) is 3. The second-order valence-electron chi connectivity index (χ2n) is 14.1. The third kappa shape index (κ3) is 3.71. The van der Waals surface area contributed by atoms with Crippen molar-refractivity contribution >= 4 is 5.97 Å². The molecule has 0 bridgehead atoms. The summed E-state index contributed by atoms with van der Waals surface area (Å²) in [5.74, 6) is -0.415. The number of rotatable bonds is 6. The zero-order valence-electron chi connectivity index (χ0n) is 23.3. The number of aliphatic hydroxyl groups excluding tert-OH is 2. The number of fused-ring (bicyclic) bond motifs is 4. The zero-order valence-corrected chi connectivity index (χ0v) is 23.3. The number of aliphatic carboxylic acids is 1. The van der Waals surface area contributed by atoms with Gasteiger partial charge in [0.05, 0.1) is 18.1 Å². The van der Waals surface area contributed by atoms with Gasteiger partial charge in [-0.1, -0.05) is 71.8 Å². The molecule has 3 N–H and O–H groups in total. The van der Waals surface area contributed by atoms with Gasteiger partial charge in [-0.2, -0.15) is 0 Å². The van der Waals surface area contributed by atoms with Crippen LogP contribution in [0.3, 0.4) is 0 Å². The molecular formula is C31H50O4. The van der Waals surface area contributed by atoms with Crippen LogP contribution in [0, 0.1) is 45.3 Å². The molecule has 0 aromatic carbocycles. The summed E-state index contributed by atoms with van der Waals surface area (Å²) in [6, 6.07) is 0. The Labute approximate surface area is 213 Å². The molecule has 2 saturated carbocycles. The largest absolute Gasteiger partial charge is 0.481 e. The van der Waals surface area contributed by atoms with E-state index in [1.807, 2.05) is 0 Å². The van der Waals surface area contributed by atoms with Crippen LogP contribution in [0.5, 0.6) is 0 Å². The lowest BCUT2D eigenvalue weighted by molar-refractivity contribution is -0.147. The Balaban J connectivity index is 1.72. The molecule has 35 heavy (non-hydrogen) atoms. The summed E-state index contributed by atoms with van der Waals surface area (Å²) < 4.78 is 0. The lowest BCUT2D eigenvalue weighted by Crippen LogP contribution is -2.56. The highest BCUT2D eigenvalue weighted by molar-refractivity contribution is 5.71. The van der Waals surface area contributed by atoms with Crippen LogP contribution < -0.4 is 0 Å². The average molecular weight is 487 g/mol. The predicted octanol–water partition coefficient (Wildman–Crippen LogP) is 6.76. The number of aliphatic hydroxyl groups is 2. The van der Waals surface area contributed by atoms with Crippen LogP contribution >= 0.6 is 0 Å². The summed E-state index contributed by atoms with van der Waals surface area (Å²) in [6.45, 7) is 19.9. The Hall–Kier alpha value is -1.13. The Bertz CT molecular complexity index is 915. The number of allylic oxidation sites excluding steroid dienone is 2. The molecule has 0 spiro atoms. The number of hydrogen-bond donors (Lipinski definition) is 3. The van der Waals surface area contributed by atoms with Gasteiger partial charge in [-0.15, -0.1) is 0 Å². The van der Waals surface area contributed by atoms with Gasteiger partial charge in [-0.25, -0.2) is 0 Å². The van der Waals surface area contributed by atoms with Crippen LogP contribution in [0.2, 0.25) is 0 Å². The summed E-state index contributed by atoms with van der Waals surface area (Å²) in [4.78, 5) is 12.6. The van der Waals surface area contributed by atoms with E-state index in [4.69, 9.17) is 0 Å². The molecule has 198 valence electrons. The van der Waals surface area contributed by atoms with Crippen molar-refractivity contribution in [1.29, 1.82) is 0 Å². The molecule has 0 radical (unpaired) electrons. The van der Waals surface area contributed by atoms with Gasteiger partial charge in [0.15, 0.2) is 0 Å². The molecule has 0 amide bonds. The standard InChI is InChI=1S/C31H50O4/c1-18(2)19(3)9-10-20(27(34)35)23-17-26(33)31(8)22-11-12-24-28(4,5)25(32)14-15-29(24,6)21(22)13-16-30(23,31)7/h18,20,23-26,32-33H,3,9-17H2,1-2,4-8H3,(H,34,35)/t20-,23+,24+,25-,26+,29-,30-,31-/m1/s1. The van der Waals surface area contributed by atoms with Crippen LogP contribution in [-0.4, -0.2) is 33.5 Å². The molecule has 4 heteroatoms. The monoisotopic (exact) mass is 486 g/mol. The van der Waals surface area contributed by atoms with Crippen molar-refractivity contribution in [2.24, 2.45) is 45.3 Å². The van der Waals surface area contributed by atoms with E-state index in [0.717, 1.165) is 50.5 Å². The van der Waals surface area contributed by atoms with Gasteiger partial charge in [-0.3, -0.25) is 4.79 Å². The first kappa shape index (κ1) is 26.9. The van der Waals surface area contributed by atoms with Gasteiger partial charge >= 0.3 is 5.97 Å². The molecule has 4 rings (SSSR count). The minimum atomic E-state index is -0.720. The van der Waals surface area contributed by atoms with Crippen LogP contribution in [0.1, 0.15) is 106 Å². The SMILES string of the molecule is C=C(CC[C@@H](C(=O)O)[C@@H]1C[C@H](O)[C@@]2(C)C3=C(CC[C@]12C)[C@@]1(C)CC[C@@H](O)C(C)(C)[C@@H]1CC3)C(C)C. The minimum absolute atomic E-state index is 0.0378. The highest BCUT2D eigenvalue weighted by atomic mass is 16.4. The summed E-state index contributed by atoms with van der Waals surface area (Å²) in [7, 11) is 0. The van der Waals surface area contributed by atoms with Gasteiger partial charge in [0.1, 0.15) is 0 Å². The second-order valence-corrected chi connectivity index (χ2v) is 14.1. The van der Waals surface area contributed by atoms with E-state index in [0.29, 0.717) is 24.7 Å². The van der Waals surface area contributed by atoms with E-state index in [1.54, 1.807) is 0 Å². The van der Waals surface area contributed by atoms with Crippen molar-refractivity contribution in [3.8, 4) is 0 Å². The Kier molecular flexibility index (Phi) is 6.71. The lowest BCUT2D eigenvalue weighted by Gasteiger charge is -2.62. The smallest absolute Gasteiger partial charge is 0.306 e. The number of carboxylic acid groups (broad SMARTS) is 1. The fraction of sp³-hybridized carbons (Fsp3) is 0.839. The molecule has 4 aliphatic carbocycles. The van der Waals surface area contributed by atoms with Crippen LogP contribution in [0.4, 0.5) is 0 Å². The maximum atomic E-state index is 12.6. The summed E-state index contributed by atoms with van der Waals surface area (Å²) in [5.41, 5.74) is 3.40. The van der Waals surface area contributed by atoms with Crippen molar-refractivity contribution in [3.05, 3.63) is 23.3 Å². The molecule has 0 aromatic heterocycles. The van der Waals surface area contributed by atoms with Crippen molar-refractivity contribution in [2.75, 3.05) is 0 Å². The van der Waals surface area contributed by atoms with Crippen LogP contribution in [0.15, 0.2) is 23.3 Å². The molecule has 4 aliphatic rings. The maximum Gasteiger partial charge on any atom is 0.306 e. The van der Waals surface area contributed by atoms with Gasteiger partial charge in [0, 0.05) is 5.41 Å². The molecule has 0 heterocycles. The molecule has 8 atom stereocenters. The molecular weight excluding hydrogens is 436 g/mol. The van der Waals surface area contributed by atoms with Crippen LogP contribution in [0.25, 0.3) is 0 Å². The van der Waals surface area contributed by atoms with E-state index in [2.05, 4.69) is 55.0 Å². The van der Waals surface area contributed by atoms with Crippen molar-refractivity contribution in [2.45, 2.75) is 118 Å². The van der Waals surface area contributed by atoms with E-state index in [-0.39, 0.29) is 33.7 Å². The summed E-state index contributed by atoms with van der Waals surface area (Å²) in [5, 5.41) is 32.8. The normalized spacial score (nSPS) is 43.4. The van der Waals surface area contributed by atoms with E-state index >= 15 is 0 Å². The quantitative estimate of drug-likeness (QED) is 0.362. The molecule has 0 unspecified atom stereocenters. The summed E-state index contributed by atoms with van der Waals surface area (Å²) in [6.07, 6.45) is 6.90. The van der Waals surface area contributed by atoms with Crippen molar-refractivity contribution in [1.82, 2.24) is 0 Å². The van der Waals surface area contributed by atoms with Crippen molar-refractivity contribution in [3.63, 3.8) is 0 Å². The Morgan fingerprint density at radius 2 is 1.66 bits per heavy atom. The molecule has 0 aromatic rings. The van der Waals surface area contributed by atoms with Crippen LogP contribution in [-0.2, 0) is 4.79 Å². The summed E-state index contributed by atoms with van der Waals surface area (Å²) >= 11 is 0. The number of carbonyl (C=O) groups is 1. The molecule has 0 aliphatic heterocycles. The maximum absolute atomic E-state index is 12.6. The zero-order chi connectivity index (χ0) is 26.1. The van der Waals surface area contributed by atoms with Crippen molar-refractivity contribution < 1.29 is 20.1 Å². The lowest BCUT2D eigenvalue weighted by atomic mass is 9.43. The van der Waals surface area contributed by atoms with Gasteiger partial charge in [0.2, 0.25) is 0 Å². The number of carboxylic acids is 1. The molecule has 2 fully saturated rings. The first-order valence-corrected chi connectivity index (χ1v) is 14.1.